The lowest BCUT2D eigenvalue weighted by atomic mass is 9.82. The van der Waals surface area contributed by atoms with Gasteiger partial charge in [0.25, 0.3) is 0 Å². The van der Waals surface area contributed by atoms with E-state index in [9.17, 15) is 19.2 Å². The molecule has 0 fully saturated rings. The first-order valence-corrected chi connectivity index (χ1v) is 27.3. The number of carbonyl (C=O) groups excluding carboxylic acids is 4. The van der Waals surface area contributed by atoms with E-state index < -0.39 is 0 Å². The first kappa shape index (κ1) is 51.4. The number of rotatable bonds is 6. The van der Waals surface area contributed by atoms with Crippen molar-refractivity contribution in [3.63, 3.8) is 0 Å². The van der Waals surface area contributed by atoms with Gasteiger partial charge in [-0.2, -0.15) is 0 Å². The van der Waals surface area contributed by atoms with E-state index in [1.807, 2.05) is 226 Å². The Morgan fingerprint density at radius 3 is 1.42 bits per heavy atom. The lowest BCUT2D eigenvalue weighted by molar-refractivity contribution is 0.102. The molecule has 2 aliphatic carbocycles. The topological polar surface area (TPSA) is 77.5 Å². The van der Waals surface area contributed by atoms with Crippen LogP contribution in [0.25, 0.3) is 76.1 Å². The van der Waals surface area contributed by atoms with Gasteiger partial charge in [-0.05, 0) is 109 Å². The molecule has 388 valence electrons. The van der Waals surface area contributed by atoms with Gasteiger partial charge in [-0.1, -0.05) is 249 Å². The number of fused-ring (bicyclic) bond motifs is 7. The predicted molar refractivity (Wildman–Crippen MR) is 331 cm³/mol. The molecule has 0 radical (unpaired) electrons. The Morgan fingerprint density at radius 2 is 0.765 bits per heavy atom. The van der Waals surface area contributed by atoms with E-state index in [-0.39, 0.29) is 23.1 Å². The monoisotopic (exact) mass is 1050 g/mol. The summed E-state index contributed by atoms with van der Waals surface area (Å²) in [6, 6.07) is 85.4. The summed E-state index contributed by atoms with van der Waals surface area (Å²) >= 11 is 0. The number of carbonyl (C=O) groups is 4. The Morgan fingerprint density at radius 1 is 0.321 bits per heavy atom. The van der Waals surface area contributed by atoms with Crippen LogP contribution in [-0.4, -0.2) is 29.7 Å². The smallest absolute Gasteiger partial charge is 0.197 e. The Bertz CT molecular complexity index is 4640. The number of ketones is 4. The molecule has 0 bridgehead atoms. The summed E-state index contributed by atoms with van der Waals surface area (Å²) < 4.78 is 5.67. The zero-order valence-electron chi connectivity index (χ0n) is 45.1. The third-order valence-corrected chi connectivity index (χ3v) is 15.4. The minimum Gasteiger partial charge on any atom is -0.493 e. The highest BCUT2D eigenvalue weighted by atomic mass is 16.5. The number of ether oxygens (including phenoxy) is 1. The van der Waals surface area contributed by atoms with Gasteiger partial charge in [0.2, 0.25) is 0 Å². The van der Waals surface area contributed by atoms with Crippen LogP contribution in [0.15, 0.2) is 261 Å². The minimum atomic E-state index is -0.00384. The van der Waals surface area contributed by atoms with Crippen LogP contribution in [0.2, 0.25) is 0 Å². The second-order valence-corrected chi connectivity index (χ2v) is 20.3. The molecule has 0 heterocycles. The summed E-state index contributed by atoms with van der Waals surface area (Å²) in [6.07, 6.45) is 0. The molecule has 13 aromatic carbocycles. The van der Waals surface area contributed by atoms with E-state index >= 15 is 0 Å². The molecule has 0 N–H and O–H groups in total. The minimum absolute atomic E-state index is 0.00384. The van der Waals surface area contributed by atoms with Crippen LogP contribution in [0.3, 0.4) is 0 Å². The average molecular weight is 1050 g/mol. The number of hydrogen-bond acceptors (Lipinski definition) is 5. The molecule has 15 rings (SSSR count). The van der Waals surface area contributed by atoms with Crippen molar-refractivity contribution >= 4 is 77.0 Å². The third-order valence-electron chi connectivity index (χ3n) is 15.4. The standard InChI is InChI=1S/C22H16O.C19H16O2.C18H12O.C17H10O/c1-15-10-11-17-7-4-5-9-20(17)21(15)22(23)19-13-12-16-6-2-3-8-18(16)14-19;1-2-21-17-13-12-14-8-6-7-11-16(14)18(17)19(20)15-9-4-3-5-10-15;1-11-9-10-16-17-12(11)7-4-8-14(17)13-5-2-3-6-15(13)18(16)19;18-17-14-8-2-1-7-12(14)13-9-3-5-11-6-4-10-15(17)16(11)13/h2-14H,1H3;3-13H,2H2,1H3;2-10H,1H3;1-10H. The maximum absolute atomic E-state index is 13.1. The second-order valence-electron chi connectivity index (χ2n) is 20.3. The summed E-state index contributed by atoms with van der Waals surface area (Å²) in [5, 5.41) is 10.8. The molecular weight excluding hydrogens is 993 g/mol. The molecule has 0 saturated carbocycles. The first-order chi connectivity index (χ1) is 39.7. The van der Waals surface area contributed by atoms with Crippen LogP contribution in [0, 0.1) is 13.8 Å². The van der Waals surface area contributed by atoms with Crippen molar-refractivity contribution in [1.29, 1.82) is 0 Å². The number of benzene rings is 13. The van der Waals surface area contributed by atoms with Crippen LogP contribution in [0.5, 0.6) is 5.75 Å². The summed E-state index contributed by atoms with van der Waals surface area (Å²) in [4.78, 5) is 51.1. The molecule has 2 aliphatic rings. The van der Waals surface area contributed by atoms with Crippen molar-refractivity contribution < 1.29 is 23.9 Å². The Labute approximate surface area is 470 Å². The van der Waals surface area contributed by atoms with Crippen molar-refractivity contribution in [2.75, 3.05) is 6.61 Å². The van der Waals surface area contributed by atoms with Gasteiger partial charge in [-0.15, -0.1) is 0 Å². The fraction of sp³-hybridized carbons (Fsp3) is 0.0526. The van der Waals surface area contributed by atoms with E-state index in [0.717, 1.165) is 98.5 Å². The van der Waals surface area contributed by atoms with Crippen molar-refractivity contribution in [2.45, 2.75) is 20.8 Å². The fourth-order valence-corrected chi connectivity index (χ4v) is 11.5. The summed E-state index contributed by atoms with van der Waals surface area (Å²) in [5.74, 6) is 1.00. The first-order valence-electron chi connectivity index (χ1n) is 27.3. The molecule has 13 aromatic rings. The second kappa shape index (κ2) is 22.2. The highest BCUT2D eigenvalue weighted by Gasteiger charge is 2.26. The maximum Gasteiger partial charge on any atom is 0.197 e. The van der Waals surface area contributed by atoms with Gasteiger partial charge in [0.15, 0.2) is 23.1 Å². The largest absolute Gasteiger partial charge is 0.493 e. The van der Waals surface area contributed by atoms with Crippen LogP contribution >= 0.6 is 0 Å². The van der Waals surface area contributed by atoms with Gasteiger partial charge in [0, 0.05) is 49.7 Å². The van der Waals surface area contributed by atoms with Crippen LogP contribution in [0.4, 0.5) is 0 Å². The van der Waals surface area contributed by atoms with E-state index in [0.29, 0.717) is 23.5 Å². The summed E-state index contributed by atoms with van der Waals surface area (Å²) in [6.45, 7) is 6.55. The molecule has 0 aromatic heterocycles. The van der Waals surface area contributed by atoms with Crippen molar-refractivity contribution in [2.24, 2.45) is 0 Å². The van der Waals surface area contributed by atoms with Gasteiger partial charge >= 0.3 is 0 Å². The molecule has 0 unspecified atom stereocenters. The molecule has 0 aliphatic heterocycles. The quantitative estimate of drug-likeness (QED) is 0.155. The van der Waals surface area contributed by atoms with Gasteiger partial charge < -0.3 is 4.74 Å². The molecule has 0 spiro atoms. The molecule has 5 heteroatoms. The molecule has 0 amide bonds. The SMILES string of the molecule is CCOc1ccc2ccccc2c1C(=O)c1ccccc1.Cc1ccc2c3c(cccc13)-c1ccccc1C2=O.Cc1ccc2ccccc2c1C(=O)c1ccc2ccccc2c1.O=C1c2ccccc2-c2cccc3cccc1c23. The van der Waals surface area contributed by atoms with E-state index in [4.69, 9.17) is 4.74 Å². The lowest BCUT2D eigenvalue weighted by Crippen LogP contribution is -2.09. The van der Waals surface area contributed by atoms with Crippen molar-refractivity contribution in [1.82, 2.24) is 0 Å². The van der Waals surface area contributed by atoms with Gasteiger partial charge in [-0.3, -0.25) is 19.2 Å². The maximum atomic E-state index is 13.1. The molecule has 81 heavy (non-hydrogen) atoms. The predicted octanol–water partition coefficient (Wildman–Crippen LogP) is 18.4. The average Bonchev–Trinajstić information content (AvgIpc) is 3.69. The molecule has 0 atom stereocenters. The van der Waals surface area contributed by atoms with Crippen molar-refractivity contribution in [3.05, 3.63) is 316 Å². The fourth-order valence-electron chi connectivity index (χ4n) is 11.5. The van der Waals surface area contributed by atoms with Crippen LogP contribution in [0.1, 0.15) is 81.7 Å². The molecule has 5 nitrogen and oxygen atoms in total. The lowest BCUT2D eigenvalue weighted by Gasteiger charge is -2.20. The third kappa shape index (κ3) is 9.66. The highest BCUT2D eigenvalue weighted by Crippen LogP contribution is 2.41. The van der Waals surface area contributed by atoms with E-state index in [1.54, 1.807) is 0 Å². The zero-order valence-corrected chi connectivity index (χ0v) is 45.1. The highest BCUT2D eigenvalue weighted by molar-refractivity contribution is 6.27. The molecule has 0 saturated heterocycles. The summed E-state index contributed by atoms with van der Waals surface area (Å²) in [7, 11) is 0. The Hall–Kier alpha value is -10.4. The van der Waals surface area contributed by atoms with E-state index in [2.05, 4.69) is 55.5 Å². The van der Waals surface area contributed by atoms with Gasteiger partial charge in [0.1, 0.15) is 5.75 Å². The molecular formula is C76H54O5. The number of aryl methyl sites for hydroxylation is 2. The number of hydrogen-bond donors (Lipinski definition) is 0. The van der Waals surface area contributed by atoms with E-state index in [1.165, 1.54) is 22.1 Å². The van der Waals surface area contributed by atoms with Crippen molar-refractivity contribution in [3.8, 4) is 28.0 Å². The normalized spacial score (nSPS) is 11.6. The Kier molecular flexibility index (Phi) is 14.1. The Balaban J connectivity index is 0.000000108. The van der Waals surface area contributed by atoms with Crippen LogP contribution in [-0.2, 0) is 0 Å². The van der Waals surface area contributed by atoms with Gasteiger partial charge in [-0.25, -0.2) is 0 Å². The van der Waals surface area contributed by atoms with Crippen LogP contribution < -0.4 is 4.74 Å². The zero-order chi connectivity index (χ0) is 55.6. The summed E-state index contributed by atoms with van der Waals surface area (Å²) in [5.41, 5.74) is 12.8. The van der Waals surface area contributed by atoms with Gasteiger partial charge in [0.05, 0.1) is 12.2 Å².